The standard InChI is InChI=1S/C25H26BrN5O6/c1-13-10-16(11-14(2)21(13)37-17-4-5-19(36-3)18(26)12-17)31-25(35)28-23(33)20(29-31)24(34)30-8-6-15(7-9-30)22(27)32/h4-5,10-12,15H,6-9H2,1-3H3,(H2,27,32)(H,28,33,35). The van der Waals surface area contributed by atoms with Crippen LogP contribution in [0.3, 0.4) is 0 Å². The number of halogens is 1. The van der Waals surface area contributed by atoms with Crippen molar-refractivity contribution >= 4 is 27.7 Å². The molecule has 4 rings (SSSR count). The van der Waals surface area contributed by atoms with E-state index < -0.39 is 28.8 Å². The van der Waals surface area contributed by atoms with E-state index in [1.54, 1.807) is 37.4 Å². The number of aromatic nitrogens is 3. The molecular formula is C25H26BrN5O6. The molecule has 0 atom stereocenters. The summed E-state index contributed by atoms with van der Waals surface area (Å²) in [5.41, 5.74) is 5.08. The minimum absolute atomic E-state index is 0.262. The number of aryl methyl sites for hydroxylation is 2. The number of nitrogens with two attached hydrogens (primary N) is 1. The lowest BCUT2D eigenvalue weighted by atomic mass is 9.96. The second-order valence-corrected chi connectivity index (χ2v) is 9.65. The number of benzene rings is 2. The highest BCUT2D eigenvalue weighted by Gasteiger charge is 2.29. The number of likely N-dealkylation sites (tertiary alicyclic amines) is 1. The Morgan fingerprint density at radius 2 is 1.76 bits per heavy atom. The number of H-pyrrole nitrogens is 1. The van der Waals surface area contributed by atoms with Crippen LogP contribution in [0.2, 0.25) is 0 Å². The zero-order chi connectivity index (χ0) is 26.9. The molecule has 11 nitrogen and oxygen atoms in total. The molecule has 3 N–H and O–H groups in total. The Hall–Kier alpha value is -3.93. The predicted molar refractivity (Wildman–Crippen MR) is 139 cm³/mol. The van der Waals surface area contributed by atoms with Crippen molar-refractivity contribution in [3.63, 3.8) is 0 Å². The van der Waals surface area contributed by atoms with E-state index in [0.29, 0.717) is 46.9 Å². The number of carbonyl (C=O) groups is 2. The van der Waals surface area contributed by atoms with Gasteiger partial charge in [0.2, 0.25) is 11.6 Å². The predicted octanol–water partition coefficient (Wildman–Crippen LogP) is 2.44. The average molecular weight is 572 g/mol. The van der Waals surface area contributed by atoms with Crippen molar-refractivity contribution < 1.29 is 19.1 Å². The van der Waals surface area contributed by atoms with Gasteiger partial charge in [0.1, 0.15) is 17.2 Å². The largest absolute Gasteiger partial charge is 0.496 e. The number of aromatic amines is 1. The monoisotopic (exact) mass is 571 g/mol. The molecule has 0 spiro atoms. The molecule has 194 valence electrons. The van der Waals surface area contributed by atoms with Gasteiger partial charge in [-0.2, -0.15) is 9.78 Å². The minimum Gasteiger partial charge on any atom is -0.496 e. The van der Waals surface area contributed by atoms with Crippen LogP contribution in [-0.4, -0.2) is 51.7 Å². The third-order valence-electron chi connectivity index (χ3n) is 6.25. The number of nitrogens with zero attached hydrogens (tertiary/aromatic N) is 3. The van der Waals surface area contributed by atoms with Crippen molar-refractivity contribution in [2.24, 2.45) is 11.7 Å². The van der Waals surface area contributed by atoms with Crippen LogP contribution < -0.4 is 26.5 Å². The maximum Gasteiger partial charge on any atom is 0.349 e. The summed E-state index contributed by atoms with van der Waals surface area (Å²) in [6, 6.07) is 8.69. The number of rotatable bonds is 6. The zero-order valence-corrected chi connectivity index (χ0v) is 22.1. The summed E-state index contributed by atoms with van der Waals surface area (Å²) in [6.45, 7) is 4.16. The summed E-state index contributed by atoms with van der Waals surface area (Å²) < 4.78 is 13.1. The van der Waals surface area contributed by atoms with Crippen molar-refractivity contribution in [3.8, 4) is 22.9 Å². The van der Waals surface area contributed by atoms with Crippen LogP contribution in [0.25, 0.3) is 5.69 Å². The molecule has 1 aromatic heterocycles. The highest BCUT2D eigenvalue weighted by molar-refractivity contribution is 9.10. The molecule has 3 aromatic rings. The summed E-state index contributed by atoms with van der Waals surface area (Å²) in [4.78, 5) is 53.2. The fourth-order valence-corrected chi connectivity index (χ4v) is 4.79. The number of amides is 2. The molecule has 1 saturated heterocycles. The third-order valence-corrected chi connectivity index (χ3v) is 6.87. The summed E-state index contributed by atoms with van der Waals surface area (Å²) >= 11 is 3.44. The number of hydrogen-bond donors (Lipinski definition) is 2. The molecule has 0 saturated carbocycles. The van der Waals surface area contributed by atoms with Gasteiger partial charge in [0.15, 0.2) is 0 Å². The van der Waals surface area contributed by atoms with Gasteiger partial charge in [-0.25, -0.2) is 4.79 Å². The first kappa shape index (κ1) is 26.1. The Morgan fingerprint density at radius 3 is 2.32 bits per heavy atom. The van der Waals surface area contributed by atoms with E-state index in [1.807, 2.05) is 13.8 Å². The molecule has 0 unspecified atom stereocenters. The third kappa shape index (κ3) is 5.43. The molecule has 2 heterocycles. The van der Waals surface area contributed by atoms with Gasteiger partial charge < -0.3 is 20.1 Å². The van der Waals surface area contributed by atoms with E-state index in [-0.39, 0.29) is 19.0 Å². The van der Waals surface area contributed by atoms with Crippen molar-refractivity contribution in [1.29, 1.82) is 0 Å². The van der Waals surface area contributed by atoms with E-state index in [0.717, 1.165) is 9.15 Å². The van der Waals surface area contributed by atoms with E-state index in [1.165, 1.54) is 4.90 Å². The van der Waals surface area contributed by atoms with Crippen LogP contribution in [-0.2, 0) is 4.79 Å². The molecule has 12 heteroatoms. The van der Waals surface area contributed by atoms with Crippen LogP contribution in [0.5, 0.6) is 17.2 Å². The Balaban J connectivity index is 1.63. The Labute approximate surface area is 220 Å². The summed E-state index contributed by atoms with van der Waals surface area (Å²) in [7, 11) is 1.57. The van der Waals surface area contributed by atoms with Crippen LogP contribution >= 0.6 is 15.9 Å². The quantitative estimate of drug-likeness (QED) is 0.461. The van der Waals surface area contributed by atoms with Crippen LogP contribution in [0.15, 0.2) is 44.4 Å². The Morgan fingerprint density at radius 1 is 1.11 bits per heavy atom. The highest BCUT2D eigenvalue weighted by Crippen LogP contribution is 2.34. The van der Waals surface area contributed by atoms with Gasteiger partial charge >= 0.3 is 5.69 Å². The number of carbonyl (C=O) groups excluding carboxylic acids is 2. The van der Waals surface area contributed by atoms with Gasteiger partial charge in [0.05, 0.1) is 17.3 Å². The molecule has 0 aliphatic carbocycles. The molecule has 2 aromatic carbocycles. The van der Waals surface area contributed by atoms with Crippen molar-refractivity contribution in [3.05, 3.63) is 72.5 Å². The zero-order valence-electron chi connectivity index (χ0n) is 20.5. The lowest BCUT2D eigenvalue weighted by Gasteiger charge is -2.30. The smallest absolute Gasteiger partial charge is 0.349 e. The number of primary amides is 1. The molecule has 2 amide bonds. The first-order valence-corrected chi connectivity index (χ1v) is 12.3. The van der Waals surface area contributed by atoms with Crippen molar-refractivity contribution in [1.82, 2.24) is 19.7 Å². The molecule has 0 bridgehead atoms. The number of ether oxygens (including phenoxy) is 2. The lowest BCUT2D eigenvalue weighted by Crippen LogP contribution is -2.45. The summed E-state index contributed by atoms with van der Waals surface area (Å²) in [6.07, 6.45) is 0.812. The number of nitrogens with one attached hydrogen (secondary N) is 1. The fraction of sp³-hybridized carbons (Fsp3) is 0.320. The summed E-state index contributed by atoms with van der Waals surface area (Å²) in [5.74, 6) is 0.508. The number of hydrogen-bond acceptors (Lipinski definition) is 7. The molecule has 1 fully saturated rings. The van der Waals surface area contributed by atoms with Crippen LogP contribution in [0.4, 0.5) is 0 Å². The first-order chi connectivity index (χ1) is 17.6. The van der Waals surface area contributed by atoms with E-state index in [9.17, 15) is 19.2 Å². The van der Waals surface area contributed by atoms with Gasteiger partial charge in [-0.3, -0.25) is 19.4 Å². The summed E-state index contributed by atoms with van der Waals surface area (Å²) in [5, 5.41) is 4.11. The van der Waals surface area contributed by atoms with E-state index >= 15 is 0 Å². The Kier molecular flexibility index (Phi) is 7.48. The highest BCUT2D eigenvalue weighted by atomic mass is 79.9. The van der Waals surface area contributed by atoms with Gasteiger partial charge in [0, 0.05) is 19.0 Å². The number of piperidine rings is 1. The lowest BCUT2D eigenvalue weighted by molar-refractivity contribution is -0.123. The maximum atomic E-state index is 13.0. The van der Waals surface area contributed by atoms with E-state index in [2.05, 4.69) is 26.0 Å². The molecule has 0 radical (unpaired) electrons. The van der Waals surface area contributed by atoms with Crippen molar-refractivity contribution in [2.45, 2.75) is 26.7 Å². The molecule has 37 heavy (non-hydrogen) atoms. The number of methoxy groups -OCH3 is 1. The van der Waals surface area contributed by atoms with Crippen LogP contribution in [0, 0.1) is 19.8 Å². The SMILES string of the molecule is COc1ccc(Oc2c(C)cc(-n3nc(C(=O)N4CCC(C(N)=O)CC4)c(=O)[nH]c3=O)cc2C)cc1Br. The van der Waals surface area contributed by atoms with Crippen LogP contribution in [0.1, 0.15) is 34.5 Å². The van der Waals surface area contributed by atoms with Gasteiger partial charge in [0.25, 0.3) is 11.5 Å². The molecule has 1 aliphatic heterocycles. The van der Waals surface area contributed by atoms with Crippen molar-refractivity contribution in [2.75, 3.05) is 20.2 Å². The normalized spacial score (nSPS) is 13.9. The second-order valence-electron chi connectivity index (χ2n) is 8.80. The Bertz CT molecular complexity index is 1470. The van der Waals surface area contributed by atoms with Gasteiger partial charge in [-0.1, -0.05) is 0 Å². The first-order valence-electron chi connectivity index (χ1n) is 11.5. The second kappa shape index (κ2) is 10.6. The van der Waals surface area contributed by atoms with E-state index in [4.69, 9.17) is 15.2 Å². The maximum absolute atomic E-state index is 13.0. The minimum atomic E-state index is -0.873. The molecule has 1 aliphatic rings. The molecular weight excluding hydrogens is 546 g/mol. The van der Waals surface area contributed by atoms with Gasteiger partial charge in [-0.15, -0.1) is 0 Å². The average Bonchev–Trinajstić information content (AvgIpc) is 2.86. The fourth-order valence-electron chi connectivity index (χ4n) is 4.27. The van der Waals surface area contributed by atoms with Gasteiger partial charge in [-0.05, 0) is 84.1 Å². The topological polar surface area (TPSA) is 150 Å².